The van der Waals surface area contributed by atoms with Crippen molar-refractivity contribution in [3.05, 3.63) is 45.6 Å². The number of methoxy groups -OCH3 is 1. The lowest BCUT2D eigenvalue weighted by molar-refractivity contribution is -0.139. The van der Waals surface area contributed by atoms with E-state index in [0.717, 1.165) is 13.1 Å². The normalized spacial score (nSPS) is 21.2. The van der Waals surface area contributed by atoms with Gasteiger partial charge in [-0.05, 0) is 47.2 Å². The van der Waals surface area contributed by atoms with Crippen LogP contribution in [0.15, 0.2) is 36.4 Å². The molecule has 220 valence electrons. The number of hydrogen-bond donors (Lipinski definition) is 3. The van der Waals surface area contributed by atoms with E-state index in [-0.39, 0.29) is 31.9 Å². The fraction of sp³-hybridized carbons (Fsp3) is 0.536. The summed E-state index contributed by atoms with van der Waals surface area (Å²) < 4.78 is 17.7. The van der Waals surface area contributed by atoms with Gasteiger partial charge in [-0.2, -0.15) is 0 Å². The first-order valence-corrected chi connectivity index (χ1v) is 14.4. The molecule has 1 aliphatic heterocycles. The molecule has 1 fully saturated rings. The summed E-state index contributed by atoms with van der Waals surface area (Å²) >= 11 is 2.02. The van der Waals surface area contributed by atoms with Crippen LogP contribution < -0.4 is 14.8 Å². The minimum absolute atomic E-state index is 0.0623. The average Bonchev–Trinajstić information content (AvgIpc) is 2.97. The molecule has 40 heavy (non-hydrogen) atoms. The van der Waals surface area contributed by atoms with Gasteiger partial charge in [-0.15, -0.1) is 6.58 Å². The van der Waals surface area contributed by atoms with Crippen molar-refractivity contribution in [1.29, 1.82) is 0 Å². The molecule has 0 unspecified atom stereocenters. The van der Waals surface area contributed by atoms with Crippen LogP contribution in [-0.4, -0.2) is 116 Å². The molecule has 1 aliphatic carbocycles. The fourth-order valence-electron chi connectivity index (χ4n) is 4.76. The third-order valence-electron chi connectivity index (χ3n) is 6.90. The van der Waals surface area contributed by atoms with E-state index in [2.05, 4.69) is 16.8 Å². The van der Waals surface area contributed by atoms with Crippen LogP contribution in [0.3, 0.4) is 0 Å². The Morgan fingerprint density at radius 1 is 1.32 bits per heavy atom. The Kier molecular flexibility index (Phi) is 12.8. The third kappa shape index (κ3) is 8.49. The number of ether oxygens (including phenoxy) is 3. The van der Waals surface area contributed by atoms with Crippen LogP contribution in [0, 0.1) is 3.57 Å². The highest BCUT2D eigenvalue weighted by molar-refractivity contribution is 14.1. The molecule has 0 spiro atoms. The Balaban J connectivity index is 1.95. The number of hydrogen-bond acceptors (Lipinski definition) is 9. The lowest BCUT2D eigenvalue weighted by atomic mass is 9.88. The number of aldehydes is 1. The molecule has 0 bridgehead atoms. The number of halogens is 1. The lowest BCUT2D eigenvalue weighted by Crippen LogP contribution is -2.56. The predicted octanol–water partition coefficient (Wildman–Crippen LogP) is 1.15. The van der Waals surface area contributed by atoms with E-state index in [1.54, 1.807) is 23.1 Å². The molecule has 0 radical (unpaired) electrons. The van der Waals surface area contributed by atoms with Crippen LogP contribution in [0.1, 0.15) is 29.6 Å². The van der Waals surface area contributed by atoms with Crippen molar-refractivity contribution in [3.8, 4) is 11.5 Å². The molecule has 12 heteroatoms. The van der Waals surface area contributed by atoms with Crippen molar-refractivity contribution in [3.63, 3.8) is 0 Å². The summed E-state index contributed by atoms with van der Waals surface area (Å²) in [7, 11) is 1.45. The maximum Gasteiger partial charge on any atom is 0.247 e. The maximum atomic E-state index is 13.4. The SMILES string of the molecule is C=CCCC(=O)N(CCN1CCOCC1)[C@@H]1CC(C(=O)NCCO)=C[C@H](Oc2c(I)cc(C=O)cc2OC)[C@H]1O. The molecule has 3 atom stereocenters. The van der Waals surface area contributed by atoms with Crippen molar-refractivity contribution in [1.82, 2.24) is 15.1 Å². The number of allylic oxidation sites excluding steroid dienone is 1. The molecule has 3 N–H and O–H groups in total. The molecule has 0 saturated carbocycles. The number of nitrogens with zero attached hydrogens (tertiary/aromatic N) is 2. The predicted molar refractivity (Wildman–Crippen MR) is 157 cm³/mol. The minimum Gasteiger partial charge on any atom is -0.493 e. The quantitative estimate of drug-likeness (QED) is 0.151. The van der Waals surface area contributed by atoms with Gasteiger partial charge in [0.05, 0.1) is 36.5 Å². The third-order valence-corrected chi connectivity index (χ3v) is 7.70. The Morgan fingerprint density at radius 3 is 2.73 bits per heavy atom. The van der Waals surface area contributed by atoms with Crippen LogP contribution >= 0.6 is 22.6 Å². The minimum atomic E-state index is -1.17. The Labute approximate surface area is 248 Å². The second-order valence-corrected chi connectivity index (χ2v) is 10.7. The monoisotopic (exact) mass is 671 g/mol. The lowest BCUT2D eigenvalue weighted by Gasteiger charge is -2.41. The van der Waals surface area contributed by atoms with E-state index in [1.807, 2.05) is 22.6 Å². The molecule has 1 heterocycles. The molecule has 11 nitrogen and oxygen atoms in total. The highest BCUT2D eigenvalue weighted by atomic mass is 127. The number of morpholine rings is 1. The molecular weight excluding hydrogens is 633 g/mol. The number of rotatable bonds is 14. The van der Waals surface area contributed by atoms with Gasteiger partial charge in [0.25, 0.3) is 0 Å². The van der Waals surface area contributed by atoms with Gasteiger partial charge in [0.15, 0.2) is 11.5 Å². The van der Waals surface area contributed by atoms with E-state index >= 15 is 0 Å². The van der Waals surface area contributed by atoms with Gasteiger partial charge in [0.1, 0.15) is 18.5 Å². The molecule has 1 aromatic rings. The van der Waals surface area contributed by atoms with Gasteiger partial charge in [-0.1, -0.05) is 6.08 Å². The van der Waals surface area contributed by atoms with Crippen molar-refractivity contribution in [2.45, 2.75) is 37.5 Å². The zero-order valence-corrected chi connectivity index (χ0v) is 24.9. The van der Waals surface area contributed by atoms with Crippen molar-refractivity contribution in [2.75, 3.05) is 59.7 Å². The van der Waals surface area contributed by atoms with Crippen molar-refractivity contribution < 1.29 is 38.8 Å². The zero-order chi connectivity index (χ0) is 29.1. The van der Waals surface area contributed by atoms with Gasteiger partial charge >= 0.3 is 0 Å². The van der Waals surface area contributed by atoms with E-state index in [0.29, 0.717) is 65.2 Å². The largest absolute Gasteiger partial charge is 0.493 e. The average molecular weight is 672 g/mol. The summed E-state index contributed by atoms with van der Waals surface area (Å²) in [5.41, 5.74) is 0.734. The number of carbonyl (C=O) groups excluding carboxylic acids is 3. The maximum absolute atomic E-state index is 13.4. The van der Waals surface area contributed by atoms with Gasteiger partial charge < -0.3 is 34.6 Å². The van der Waals surface area contributed by atoms with E-state index in [9.17, 15) is 24.6 Å². The number of aliphatic hydroxyl groups is 2. The number of amides is 2. The van der Waals surface area contributed by atoms with Crippen molar-refractivity contribution >= 4 is 40.7 Å². The fourth-order valence-corrected chi connectivity index (χ4v) is 5.51. The highest BCUT2D eigenvalue weighted by Gasteiger charge is 2.41. The van der Waals surface area contributed by atoms with E-state index in [4.69, 9.17) is 14.2 Å². The molecule has 3 rings (SSSR count). The van der Waals surface area contributed by atoms with Crippen LogP contribution in [0.2, 0.25) is 0 Å². The van der Waals surface area contributed by atoms with Crippen LogP contribution in [-0.2, 0) is 14.3 Å². The summed E-state index contributed by atoms with van der Waals surface area (Å²) in [5, 5.41) is 23.5. The van der Waals surface area contributed by atoms with Gasteiger partial charge in [0, 0.05) is 56.7 Å². The summed E-state index contributed by atoms with van der Waals surface area (Å²) in [6, 6.07) is 2.41. The number of benzene rings is 1. The number of nitrogens with one attached hydrogen (secondary N) is 1. The van der Waals surface area contributed by atoms with Gasteiger partial charge in [-0.25, -0.2) is 0 Å². The highest BCUT2D eigenvalue weighted by Crippen LogP contribution is 2.37. The zero-order valence-electron chi connectivity index (χ0n) is 22.7. The Hall–Kier alpha value is -2.52. The number of carbonyl (C=O) groups is 3. The molecule has 2 amide bonds. The summed E-state index contributed by atoms with van der Waals surface area (Å²) in [5.74, 6) is 0.0384. The van der Waals surface area contributed by atoms with Crippen LogP contribution in [0.25, 0.3) is 0 Å². The molecule has 1 saturated heterocycles. The molecule has 0 aromatic heterocycles. The van der Waals surface area contributed by atoms with Crippen LogP contribution in [0.5, 0.6) is 11.5 Å². The molecular formula is C28H38IN3O8. The Bertz CT molecular complexity index is 1080. The van der Waals surface area contributed by atoms with Crippen molar-refractivity contribution in [2.24, 2.45) is 0 Å². The smallest absolute Gasteiger partial charge is 0.247 e. The second-order valence-electron chi connectivity index (χ2n) is 9.54. The standard InChI is InChI=1S/C28H38IN3O8/c1-3-4-5-25(35)32(8-7-31-9-12-39-13-10-31)22-16-20(28(37)30-6-11-33)17-23(26(22)36)40-27-21(29)14-19(18-34)15-24(27)38-2/h3,14-15,17-18,22-23,26,33,36H,1,4-13,16H2,2H3,(H,30,37)/t22-,23+,26+/m1/s1. The van der Waals surface area contributed by atoms with E-state index < -0.39 is 24.2 Å². The van der Waals surface area contributed by atoms with Gasteiger partial charge in [0.2, 0.25) is 11.8 Å². The second kappa shape index (κ2) is 16.1. The Morgan fingerprint density at radius 2 is 2.08 bits per heavy atom. The molecule has 2 aliphatic rings. The first-order valence-electron chi connectivity index (χ1n) is 13.3. The first-order chi connectivity index (χ1) is 19.3. The summed E-state index contributed by atoms with van der Waals surface area (Å²) in [6.07, 6.45) is 2.56. The summed E-state index contributed by atoms with van der Waals surface area (Å²) in [4.78, 5) is 41.6. The topological polar surface area (TPSA) is 138 Å². The first kappa shape index (κ1) is 32.0. The van der Waals surface area contributed by atoms with E-state index in [1.165, 1.54) is 13.2 Å². The van der Waals surface area contributed by atoms with Crippen LogP contribution in [0.4, 0.5) is 0 Å². The molecule has 1 aromatic carbocycles. The number of aliphatic hydroxyl groups excluding tert-OH is 2. The summed E-state index contributed by atoms with van der Waals surface area (Å²) in [6.45, 7) is 7.23. The van der Waals surface area contributed by atoms with Gasteiger partial charge in [-0.3, -0.25) is 19.3 Å².